The fraction of sp³-hybridized carbons (Fsp3) is 0.233. The van der Waals surface area contributed by atoms with Gasteiger partial charge in [0.05, 0.1) is 28.4 Å². The van der Waals surface area contributed by atoms with Crippen LogP contribution in [0.2, 0.25) is 0 Å². The van der Waals surface area contributed by atoms with Gasteiger partial charge in [0.15, 0.2) is 5.78 Å². The van der Waals surface area contributed by atoms with Crippen LogP contribution in [0.5, 0.6) is 23.0 Å². The maximum Gasteiger partial charge on any atom is 0.187 e. The number of piperidine rings is 1. The number of ether oxygens (including phenoxy) is 4. The van der Waals surface area contributed by atoms with Crippen LogP contribution in [0.4, 0.5) is 0 Å². The Morgan fingerprint density at radius 3 is 1.64 bits per heavy atom. The minimum atomic E-state index is 0.00931. The number of carbonyl (C=O) groups is 1. The average Bonchev–Trinajstić information content (AvgIpc) is 2.92. The first-order valence-electron chi connectivity index (χ1n) is 11.7. The molecule has 1 saturated heterocycles. The highest BCUT2D eigenvalue weighted by Gasteiger charge is 2.27. The SMILES string of the molecule is COc1ccc(/C=C2/CN(Cc3ccccc3)C/C(=C/c3ccc(OC)cc3OC)C2=O)c(OC)c1. The maximum absolute atomic E-state index is 13.7. The second-order valence-electron chi connectivity index (χ2n) is 8.51. The number of benzene rings is 3. The van der Waals surface area contributed by atoms with Gasteiger partial charge in [0.1, 0.15) is 23.0 Å². The van der Waals surface area contributed by atoms with Gasteiger partial charge in [-0.05, 0) is 42.0 Å². The molecule has 1 aliphatic rings. The van der Waals surface area contributed by atoms with Crippen LogP contribution in [-0.2, 0) is 11.3 Å². The molecule has 6 nitrogen and oxygen atoms in total. The first-order chi connectivity index (χ1) is 17.5. The second kappa shape index (κ2) is 11.6. The molecule has 0 amide bonds. The van der Waals surface area contributed by atoms with E-state index < -0.39 is 0 Å². The van der Waals surface area contributed by atoms with Gasteiger partial charge in [-0.3, -0.25) is 9.69 Å². The molecule has 6 heteroatoms. The number of nitrogens with zero attached hydrogens (tertiary/aromatic N) is 1. The molecule has 0 radical (unpaired) electrons. The minimum Gasteiger partial charge on any atom is -0.497 e. The van der Waals surface area contributed by atoms with E-state index in [1.807, 2.05) is 66.7 Å². The van der Waals surface area contributed by atoms with Crippen molar-refractivity contribution in [2.45, 2.75) is 6.54 Å². The van der Waals surface area contributed by atoms with E-state index in [0.29, 0.717) is 47.2 Å². The Labute approximate surface area is 212 Å². The summed E-state index contributed by atoms with van der Waals surface area (Å²) in [5, 5.41) is 0. The van der Waals surface area contributed by atoms with Crippen LogP contribution in [0.3, 0.4) is 0 Å². The van der Waals surface area contributed by atoms with Crippen molar-refractivity contribution in [1.82, 2.24) is 4.90 Å². The molecule has 1 heterocycles. The van der Waals surface area contributed by atoms with Crippen molar-refractivity contribution in [2.75, 3.05) is 41.5 Å². The van der Waals surface area contributed by atoms with Crippen LogP contribution in [0, 0.1) is 0 Å². The summed E-state index contributed by atoms with van der Waals surface area (Å²) < 4.78 is 21.8. The average molecular weight is 486 g/mol. The highest BCUT2D eigenvalue weighted by atomic mass is 16.5. The van der Waals surface area contributed by atoms with Crippen LogP contribution in [0.25, 0.3) is 12.2 Å². The largest absolute Gasteiger partial charge is 0.497 e. The van der Waals surface area contributed by atoms with Crippen LogP contribution >= 0.6 is 0 Å². The van der Waals surface area contributed by atoms with Crippen molar-refractivity contribution in [1.29, 1.82) is 0 Å². The summed E-state index contributed by atoms with van der Waals surface area (Å²) in [7, 11) is 6.46. The van der Waals surface area contributed by atoms with E-state index in [2.05, 4.69) is 17.0 Å². The molecule has 0 N–H and O–H groups in total. The van der Waals surface area contributed by atoms with E-state index in [1.165, 1.54) is 5.56 Å². The zero-order chi connectivity index (χ0) is 25.5. The number of likely N-dealkylation sites (tertiary alicyclic amines) is 1. The molecule has 4 rings (SSSR count). The van der Waals surface area contributed by atoms with Gasteiger partial charge in [-0.15, -0.1) is 0 Å². The van der Waals surface area contributed by atoms with Gasteiger partial charge >= 0.3 is 0 Å². The lowest BCUT2D eigenvalue weighted by Crippen LogP contribution is -2.37. The Morgan fingerprint density at radius 1 is 0.694 bits per heavy atom. The predicted molar refractivity (Wildman–Crippen MR) is 142 cm³/mol. The molecular formula is C30H31NO5. The van der Waals surface area contributed by atoms with Gasteiger partial charge in [-0.1, -0.05) is 30.3 Å². The van der Waals surface area contributed by atoms with Crippen molar-refractivity contribution in [3.63, 3.8) is 0 Å². The molecule has 36 heavy (non-hydrogen) atoms. The number of rotatable bonds is 8. The first kappa shape index (κ1) is 25.1. The Balaban J connectivity index is 1.74. The Morgan fingerprint density at radius 2 is 1.19 bits per heavy atom. The summed E-state index contributed by atoms with van der Waals surface area (Å²) in [6.45, 7) is 1.78. The highest BCUT2D eigenvalue weighted by Crippen LogP contribution is 2.31. The first-order valence-corrected chi connectivity index (χ1v) is 11.7. The van der Waals surface area contributed by atoms with Gasteiger partial charge in [-0.2, -0.15) is 0 Å². The second-order valence-corrected chi connectivity index (χ2v) is 8.51. The third-order valence-electron chi connectivity index (χ3n) is 6.16. The maximum atomic E-state index is 13.7. The van der Waals surface area contributed by atoms with Gasteiger partial charge in [0, 0.05) is 54.0 Å². The summed E-state index contributed by atoms with van der Waals surface area (Å²) >= 11 is 0. The van der Waals surface area contributed by atoms with E-state index in [1.54, 1.807) is 28.4 Å². The molecule has 0 unspecified atom stereocenters. The van der Waals surface area contributed by atoms with Crippen molar-refractivity contribution in [3.05, 3.63) is 94.6 Å². The van der Waals surface area contributed by atoms with Crippen molar-refractivity contribution < 1.29 is 23.7 Å². The molecule has 0 spiro atoms. The smallest absolute Gasteiger partial charge is 0.187 e. The summed E-state index contributed by atoms with van der Waals surface area (Å²) in [5.41, 5.74) is 4.22. The lowest BCUT2D eigenvalue weighted by Gasteiger charge is -2.30. The Hall–Kier alpha value is -4.03. The third-order valence-corrected chi connectivity index (χ3v) is 6.16. The Bertz CT molecular complexity index is 1200. The molecule has 0 aromatic heterocycles. The molecule has 0 bridgehead atoms. The van der Waals surface area contributed by atoms with Crippen LogP contribution in [0.1, 0.15) is 16.7 Å². The molecule has 1 fully saturated rings. The Kier molecular flexibility index (Phi) is 8.08. The molecule has 3 aromatic rings. The summed E-state index contributed by atoms with van der Waals surface area (Å²) in [5.74, 6) is 2.70. The fourth-order valence-corrected chi connectivity index (χ4v) is 4.31. The van der Waals surface area contributed by atoms with Crippen molar-refractivity contribution in [2.24, 2.45) is 0 Å². The lowest BCUT2D eigenvalue weighted by molar-refractivity contribution is -0.113. The number of Topliss-reactive ketones (excluding diaryl/α,β-unsaturated/α-hetero) is 1. The third kappa shape index (κ3) is 5.78. The van der Waals surface area contributed by atoms with Crippen molar-refractivity contribution in [3.8, 4) is 23.0 Å². The van der Waals surface area contributed by atoms with Crippen LogP contribution < -0.4 is 18.9 Å². The van der Waals surface area contributed by atoms with Gasteiger partial charge < -0.3 is 18.9 Å². The summed E-state index contributed by atoms with van der Waals surface area (Å²) in [6, 6.07) is 21.4. The zero-order valence-electron chi connectivity index (χ0n) is 21.1. The van der Waals surface area contributed by atoms with E-state index in [-0.39, 0.29) is 5.78 Å². The van der Waals surface area contributed by atoms with E-state index in [9.17, 15) is 4.79 Å². The molecular weight excluding hydrogens is 454 g/mol. The van der Waals surface area contributed by atoms with Gasteiger partial charge in [0.25, 0.3) is 0 Å². The number of hydrogen-bond donors (Lipinski definition) is 0. The fourth-order valence-electron chi connectivity index (χ4n) is 4.31. The van der Waals surface area contributed by atoms with E-state index >= 15 is 0 Å². The van der Waals surface area contributed by atoms with Crippen LogP contribution in [0.15, 0.2) is 77.9 Å². The molecule has 0 aliphatic carbocycles. The zero-order valence-corrected chi connectivity index (χ0v) is 21.1. The quantitative estimate of drug-likeness (QED) is 0.405. The topological polar surface area (TPSA) is 57.2 Å². The molecule has 0 atom stereocenters. The molecule has 186 valence electrons. The van der Waals surface area contributed by atoms with E-state index in [0.717, 1.165) is 17.7 Å². The summed E-state index contributed by atoms with van der Waals surface area (Å²) in [6.07, 6.45) is 3.83. The lowest BCUT2D eigenvalue weighted by atomic mass is 9.93. The highest BCUT2D eigenvalue weighted by molar-refractivity contribution is 6.14. The molecule has 3 aromatic carbocycles. The minimum absolute atomic E-state index is 0.00931. The number of methoxy groups -OCH3 is 4. The molecule has 0 saturated carbocycles. The van der Waals surface area contributed by atoms with Gasteiger partial charge in [-0.25, -0.2) is 0 Å². The number of hydrogen-bond acceptors (Lipinski definition) is 6. The monoisotopic (exact) mass is 485 g/mol. The van der Waals surface area contributed by atoms with Crippen molar-refractivity contribution >= 4 is 17.9 Å². The van der Waals surface area contributed by atoms with Crippen LogP contribution in [-0.4, -0.2) is 52.2 Å². The predicted octanol–water partition coefficient (Wildman–Crippen LogP) is 5.27. The van der Waals surface area contributed by atoms with Gasteiger partial charge in [0.2, 0.25) is 0 Å². The number of carbonyl (C=O) groups excluding carboxylic acids is 1. The number of ketones is 1. The normalized spacial score (nSPS) is 16.3. The molecule has 1 aliphatic heterocycles. The summed E-state index contributed by atoms with van der Waals surface area (Å²) in [4.78, 5) is 15.9. The van der Waals surface area contributed by atoms with E-state index in [4.69, 9.17) is 18.9 Å². The standard InChI is InChI=1S/C30H31NO5/c1-33-26-12-10-22(28(16-26)35-3)14-24-19-31(18-21-8-6-5-7-9-21)20-25(30(24)32)15-23-11-13-27(34-2)17-29(23)36-4/h5-17H,18-20H2,1-4H3/b24-14-,25-15-.